The van der Waals surface area contributed by atoms with Crippen LogP contribution in [0.25, 0.3) is 22.3 Å². The summed E-state index contributed by atoms with van der Waals surface area (Å²) in [5, 5.41) is 0. The number of unbranched alkanes of at least 4 members (excludes halogenated alkanes) is 2. The Kier molecular flexibility index (Phi) is 8.67. The maximum atomic E-state index is 15.0. The van der Waals surface area contributed by atoms with Crippen LogP contribution >= 0.6 is 0 Å². The van der Waals surface area contributed by atoms with Crippen molar-refractivity contribution in [3.05, 3.63) is 83.2 Å². The molecule has 1 nitrogen and oxygen atoms in total. The van der Waals surface area contributed by atoms with Crippen LogP contribution in [0.2, 0.25) is 0 Å². The molecule has 0 aliphatic carbocycles. The molecule has 0 N–H and O–H groups in total. The molecule has 0 bridgehead atoms. The summed E-state index contributed by atoms with van der Waals surface area (Å²) in [5.74, 6) is -1.28. The van der Waals surface area contributed by atoms with Gasteiger partial charge in [-0.25, -0.2) is 13.2 Å². The van der Waals surface area contributed by atoms with Gasteiger partial charge in [0.15, 0.2) is 11.6 Å². The molecule has 4 heteroatoms. The summed E-state index contributed by atoms with van der Waals surface area (Å²) in [7, 11) is 0. The van der Waals surface area contributed by atoms with Gasteiger partial charge in [-0.15, -0.1) is 0 Å². The summed E-state index contributed by atoms with van der Waals surface area (Å²) < 4.78 is 50.1. The predicted octanol–water partition coefficient (Wildman–Crippen LogP) is 9.44. The van der Waals surface area contributed by atoms with E-state index >= 15 is 4.39 Å². The average Bonchev–Trinajstić information content (AvgIpc) is 2.88. The fourth-order valence-corrected chi connectivity index (χ4v) is 5.05. The molecule has 186 valence electrons. The summed E-state index contributed by atoms with van der Waals surface area (Å²) in [5.41, 5.74) is 3.41. The predicted molar refractivity (Wildman–Crippen MR) is 137 cm³/mol. The molecule has 0 radical (unpaired) electrons. The first-order chi connectivity index (χ1) is 17.0. The first-order valence-corrected chi connectivity index (χ1v) is 13.0. The zero-order valence-corrected chi connectivity index (χ0v) is 20.8. The van der Waals surface area contributed by atoms with Gasteiger partial charge in [-0.3, -0.25) is 0 Å². The van der Waals surface area contributed by atoms with E-state index in [1.807, 2.05) is 31.2 Å². The Morgan fingerprint density at radius 2 is 1.51 bits per heavy atom. The van der Waals surface area contributed by atoms with E-state index in [0.717, 1.165) is 30.4 Å². The summed E-state index contributed by atoms with van der Waals surface area (Å²) in [6.07, 6.45) is 7.91. The van der Waals surface area contributed by atoms with Crippen molar-refractivity contribution in [1.29, 1.82) is 0 Å². The number of halogens is 3. The van der Waals surface area contributed by atoms with Gasteiger partial charge in [-0.2, -0.15) is 0 Å². The molecule has 1 saturated heterocycles. The van der Waals surface area contributed by atoms with Gasteiger partial charge in [0.05, 0.1) is 12.7 Å². The number of aryl methyl sites for hydroxylation is 1. The second-order valence-corrected chi connectivity index (χ2v) is 9.72. The van der Waals surface area contributed by atoms with Crippen LogP contribution in [0.15, 0.2) is 54.6 Å². The number of benzene rings is 3. The Morgan fingerprint density at radius 1 is 0.771 bits per heavy atom. The van der Waals surface area contributed by atoms with E-state index in [9.17, 15) is 8.78 Å². The quantitative estimate of drug-likeness (QED) is 0.277. The number of hydrogen-bond acceptors (Lipinski definition) is 1. The van der Waals surface area contributed by atoms with Gasteiger partial charge in [0.25, 0.3) is 0 Å². The van der Waals surface area contributed by atoms with E-state index in [0.29, 0.717) is 35.6 Å². The van der Waals surface area contributed by atoms with Crippen LogP contribution in [0.1, 0.15) is 76.0 Å². The fourth-order valence-electron chi connectivity index (χ4n) is 5.05. The van der Waals surface area contributed by atoms with E-state index in [4.69, 9.17) is 4.74 Å². The second kappa shape index (κ2) is 11.9. The largest absolute Gasteiger partial charge is 0.373 e. The topological polar surface area (TPSA) is 9.23 Å². The van der Waals surface area contributed by atoms with Crippen LogP contribution in [0.4, 0.5) is 13.2 Å². The molecule has 1 heterocycles. The van der Waals surface area contributed by atoms with Gasteiger partial charge < -0.3 is 4.74 Å². The lowest BCUT2D eigenvalue weighted by Gasteiger charge is -2.29. The minimum absolute atomic E-state index is 0.192. The maximum absolute atomic E-state index is 15.0. The number of rotatable bonds is 9. The maximum Gasteiger partial charge on any atom is 0.166 e. The molecule has 3 aromatic rings. The SMILES string of the molecule is CCCCCC1CCC(c2ccc(-c3ccc(-c4ccc(CCC)c(F)c4F)cc3)cc2F)OC1. The van der Waals surface area contributed by atoms with E-state index in [-0.39, 0.29) is 17.5 Å². The molecule has 0 saturated carbocycles. The third-order valence-electron chi connectivity index (χ3n) is 7.14. The monoisotopic (exact) mass is 480 g/mol. The van der Waals surface area contributed by atoms with Crippen molar-refractivity contribution in [2.45, 2.75) is 71.3 Å². The van der Waals surface area contributed by atoms with Crippen LogP contribution in [0.5, 0.6) is 0 Å². The lowest BCUT2D eigenvalue weighted by Crippen LogP contribution is -2.21. The molecule has 1 fully saturated rings. The molecule has 4 rings (SSSR count). The zero-order valence-electron chi connectivity index (χ0n) is 20.8. The van der Waals surface area contributed by atoms with Crippen molar-refractivity contribution < 1.29 is 17.9 Å². The second-order valence-electron chi connectivity index (χ2n) is 9.72. The van der Waals surface area contributed by atoms with Gasteiger partial charge in [-0.05, 0) is 59.9 Å². The van der Waals surface area contributed by atoms with Crippen LogP contribution < -0.4 is 0 Å². The lowest BCUT2D eigenvalue weighted by atomic mass is 9.90. The van der Waals surface area contributed by atoms with E-state index < -0.39 is 11.6 Å². The standard InChI is InChI=1S/C31H35F3O/c1-3-5-6-8-21-9-18-29(35-20-21)27-17-15-25(19-28(27)32)22-10-12-23(13-11-22)26-16-14-24(7-4-2)30(33)31(26)34/h10-17,19,21,29H,3-9,18,20H2,1-2H3. The molecule has 1 aliphatic rings. The Bertz CT molecular complexity index is 1110. The molecule has 35 heavy (non-hydrogen) atoms. The van der Waals surface area contributed by atoms with Gasteiger partial charge in [0.1, 0.15) is 5.82 Å². The molecule has 1 aliphatic heterocycles. The van der Waals surface area contributed by atoms with Crippen molar-refractivity contribution in [3.8, 4) is 22.3 Å². The Morgan fingerprint density at radius 3 is 2.17 bits per heavy atom. The molecule has 2 unspecified atom stereocenters. The van der Waals surface area contributed by atoms with Crippen molar-refractivity contribution in [3.63, 3.8) is 0 Å². The van der Waals surface area contributed by atoms with Crippen LogP contribution in [-0.4, -0.2) is 6.61 Å². The highest BCUT2D eigenvalue weighted by Crippen LogP contribution is 2.36. The van der Waals surface area contributed by atoms with Gasteiger partial charge in [0.2, 0.25) is 0 Å². The molecule has 0 spiro atoms. The Labute approximate surface area is 207 Å². The van der Waals surface area contributed by atoms with Crippen molar-refractivity contribution in [1.82, 2.24) is 0 Å². The third kappa shape index (κ3) is 5.98. The summed E-state index contributed by atoms with van der Waals surface area (Å²) >= 11 is 0. The minimum Gasteiger partial charge on any atom is -0.373 e. The molecule has 2 atom stereocenters. The van der Waals surface area contributed by atoms with Crippen molar-refractivity contribution in [2.75, 3.05) is 6.61 Å². The highest BCUT2D eigenvalue weighted by molar-refractivity contribution is 5.71. The van der Waals surface area contributed by atoms with Crippen LogP contribution in [-0.2, 0) is 11.2 Å². The highest BCUT2D eigenvalue weighted by Gasteiger charge is 2.25. The molecule has 0 amide bonds. The van der Waals surface area contributed by atoms with Crippen LogP contribution in [0.3, 0.4) is 0 Å². The van der Waals surface area contributed by atoms with E-state index in [1.54, 1.807) is 30.3 Å². The fraction of sp³-hybridized carbons (Fsp3) is 0.419. The smallest absolute Gasteiger partial charge is 0.166 e. The molecule has 3 aromatic carbocycles. The first-order valence-electron chi connectivity index (χ1n) is 13.0. The number of ether oxygens (including phenoxy) is 1. The van der Waals surface area contributed by atoms with E-state index in [1.165, 1.54) is 25.7 Å². The lowest BCUT2D eigenvalue weighted by molar-refractivity contribution is -0.0215. The minimum atomic E-state index is -0.820. The summed E-state index contributed by atoms with van der Waals surface area (Å²) in [4.78, 5) is 0. The highest BCUT2D eigenvalue weighted by atomic mass is 19.2. The van der Waals surface area contributed by atoms with Gasteiger partial charge >= 0.3 is 0 Å². The van der Waals surface area contributed by atoms with Crippen LogP contribution in [0, 0.1) is 23.4 Å². The normalized spacial score (nSPS) is 18.1. The van der Waals surface area contributed by atoms with E-state index in [2.05, 4.69) is 6.92 Å². The van der Waals surface area contributed by atoms with Crippen molar-refractivity contribution >= 4 is 0 Å². The van der Waals surface area contributed by atoms with Gasteiger partial charge in [-0.1, -0.05) is 88.1 Å². The van der Waals surface area contributed by atoms with Crippen molar-refractivity contribution in [2.24, 2.45) is 5.92 Å². The summed E-state index contributed by atoms with van der Waals surface area (Å²) in [6.45, 7) is 4.85. The molecular weight excluding hydrogens is 445 g/mol. The molecular formula is C31H35F3O. The Hall–Kier alpha value is -2.59. The first kappa shape index (κ1) is 25.5. The van der Waals surface area contributed by atoms with Gasteiger partial charge in [0, 0.05) is 11.1 Å². The molecule has 0 aromatic heterocycles. The Balaban J connectivity index is 1.44. The number of hydrogen-bond donors (Lipinski definition) is 0. The average molecular weight is 481 g/mol. The third-order valence-corrected chi connectivity index (χ3v) is 7.14. The summed E-state index contributed by atoms with van der Waals surface area (Å²) in [6, 6.07) is 15.7. The zero-order chi connectivity index (χ0) is 24.8.